The minimum Gasteiger partial charge on any atom is -0.480 e. The first kappa shape index (κ1) is 16.8. The van der Waals surface area contributed by atoms with Gasteiger partial charge in [-0.15, -0.1) is 11.3 Å². The summed E-state index contributed by atoms with van der Waals surface area (Å²) in [6.45, 7) is 0. The Morgan fingerprint density at radius 2 is 2.00 bits per heavy atom. The third-order valence-corrected chi connectivity index (χ3v) is 6.45. The fourth-order valence-corrected chi connectivity index (χ4v) is 5.11. The molecule has 2 aliphatic heterocycles. The minimum atomic E-state index is -0.296. The lowest BCUT2D eigenvalue weighted by Gasteiger charge is -2.38. The molecule has 2 atom stereocenters. The normalized spacial score (nSPS) is 19.6. The molecular formula is C22H15ClN4OS. The Morgan fingerprint density at radius 1 is 1.07 bits per heavy atom. The van der Waals surface area contributed by atoms with Crippen LogP contribution in [-0.4, -0.2) is 14.8 Å². The maximum Gasteiger partial charge on any atom is 0.226 e. The van der Waals surface area contributed by atoms with Crippen molar-refractivity contribution in [2.45, 2.75) is 12.1 Å². The van der Waals surface area contributed by atoms with E-state index in [9.17, 15) is 0 Å². The molecule has 0 saturated carbocycles. The van der Waals surface area contributed by atoms with Gasteiger partial charge in [0.2, 0.25) is 5.95 Å². The van der Waals surface area contributed by atoms with Gasteiger partial charge in [-0.25, -0.2) is 4.68 Å². The highest BCUT2D eigenvalue weighted by Crippen LogP contribution is 2.51. The van der Waals surface area contributed by atoms with Gasteiger partial charge in [-0.1, -0.05) is 41.9 Å². The van der Waals surface area contributed by atoms with Crippen LogP contribution < -0.4 is 10.1 Å². The van der Waals surface area contributed by atoms with Crippen LogP contribution in [0.25, 0.3) is 5.70 Å². The van der Waals surface area contributed by atoms with E-state index >= 15 is 0 Å². The topological polar surface area (TPSA) is 52.0 Å². The lowest BCUT2D eigenvalue weighted by atomic mass is 9.87. The van der Waals surface area contributed by atoms with Crippen LogP contribution in [0, 0.1) is 0 Å². The summed E-state index contributed by atoms with van der Waals surface area (Å²) in [6, 6.07) is 20.0. The van der Waals surface area contributed by atoms with Crippen LogP contribution in [-0.2, 0) is 0 Å². The summed E-state index contributed by atoms with van der Waals surface area (Å²) >= 11 is 8.03. The fourth-order valence-electron chi connectivity index (χ4n) is 4.08. The van der Waals surface area contributed by atoms with Crippen molar-refractivity contribution in [3.63, 3.8) is 0 Å². The highest BCUT2D eigenvalue weighted by molar-refractivity contribution is 7.10. The summed E-state index contributed by atoms with van der Waals surface area (Å²) in [5.41, 5.74) is 4.16. The zero-order chi connectivity index (χ0) is 19.4. The first-order chi connectivity index (χ1) is 14.3. The lowest BCUT2D eigenvalue weighted by Crippen LogP contribution is -2.32. The van der Waals surface area contributed by atoms with Crippen LogP contribution >= 0.6 is 22.9 Å². The zero-order valence-corrected chi connectivity index (χ0v) is 16.7. The average molecular weight is 419 g/mol. The molecule has 4 heterocycles. The Hall–Kier alpha value is -3.09. The maximum absolute atomic E-state index is 6.55. The molecule has 1 N–H and O–H groups in total. The number of fused-ring (bicyclic) bond motifs is 3. The molecule has 0 aliphatic carbocycles. The number of nitrogens with one attached hydrogen (secondary N) is 1. The molecule has 0 spiro atoms. The van der Waals surface area contributed by atoms with Gasteiger partial charge in [0.05, 0.1) is 5.70 Å². The Morgan fingerprint density at radius 3 is 2.86 bits per heavy atom. The number of aromatic nitrogens is 3. The van der Waals surface area contributed by atoms with Crippen LogP contribution in [0.4, 0.5) is 5.95 Å². The molecule has 29 heavy (non-hydrogen) atoms. The molecule has 2 aliphatic rings. The Labute approximate surface area is 176 Å². The Kier molecular flexibility index (Phi) is 3.76. The monoisotopic (exact) mass is 418 g/mol. The molecule has 5 nitrogen and oxygen atoms in total. The molecule has 0 saturated heterocycles. The smallest absolute Gasteiger partial charge is 0.226 e. The molecule has 0 amide bonds. The lowest BCUT2D eigenvalue weighted by molar-refractivity contribution is 0.223. The van der Waals surface area contributed by atoms with Gasteiger partial charge in [0.15, 0.2) is 0 Å². The van der Waals surface area contributed by atoms with E-state index in [1.807, 2.05) is 41.1 Å². The number of halogens is 1. The summed E-state index contributed by atoms with van der Waals surface area (Å²) in [4.78, 5) is 5.62. The van der Waals surface area contributed by atoms with Crippen molar-refractivity contribution in [3.05, 3.63) is 99.0 Å². The van der Waals surface area contributed by atoms with Crippen molar-refractivity contribution in [1.82, 2.24) is 14.8 Å². The molecule has 4 aromatic rings. The second-order valence-corrected chi connectivity index (χ2v) is 8.37. The van der Waals surface area contributed by atoms with E-state index in [0.717, 1.165) is 34.1 Å². The number of anilines is 1. The molecule has 2 aromatic carbocycles. The summed E-state index contributed by atoms with van der Waals surface area (Å²) in [5, 5.41) is 10.8. The second kappa shape index (κ2) is 6.47. The highest BCUT2D eigenvalue weighted by Gasteiger charge is 2.41. The van der Waals surface area contributed by atoms with Gasteiger partial charge >= 0.3 is 0 Å². The van der Waals surface area contributed by atoms with Crippen LogP contribution in [0.1, 0.15) is 28.1 Å². The Bertz CT molecular complexity index is 1250. The minimum absolute atomic E-state index is 0.110. The molecule has 0 radical (unpaired) electrons. The molecular weight excluding hydrogens is 404 g/mol. The largest absolute Gasteiger partial charge is 0.480 e. The molecule has 2 unspecified atom stereocenters. The van der Waals surface area contributed by atoms with Crippen LogP contribution in [0.2, 0.25) is 5.02 Å². The third-order valence-electron chi connectivity index (χ3n) is 5.29. The molecule has 6 rings (SSSR count). The predicted molar refractivity (Wildman–Crippen MR) is 114 cm³/mol. The van der Waals surface area contributed by atoms with Crippen molar-refractivity contribution in [2.24, 2.45) is 0 Å². The van der Waals surface area contributed by atoms with E-state index in [0.29, 0.717) is 5.02 Å². The average Bonchev–Trinajstić information content (AvgIpc) is 3.43. The molecule has 0 bridgehead atoms. The number of thiophene rings is 1. The van der Waals surface area contributed by atoms with Gasteiger partial charge in [0, 0.05) is 21.0 Å². The molecule has 142 valence electrons. The number of hydrogen-bond acceptors (Lipinski definition) is 5. The SMILES string of the molecule is Clc1cccc(C2Oc3ccccc3C3=C2C(c2cccs2)n2ncnc2N3)c1. The zero-order valence-electron chi connectivity index (χ0n) is 15.1. The van der Waals surface area contributed by atoms with Gasteiger partial charge < -0.3 is 10.1 Å². The van der Waals surface area contributed by atoms with Gasteiger partial charge in [-0.3, -0.25) is 0 Å². The third kappa shape index (κ3) is 2.60. The maximum atomic E-state index is 6.55. The van der Waals surface area contributed by atoms with E-state index in [1.165, 1.54) is 4.88 Å². The summed E-state index contributed by atoms with van der Waals surface area (Å²) in [5.74, 6) is 1.56. The van der Waals surface area contributed by atoms with E-state index in [4.69, 9.17) is 16.3 Å². The van der Waals surface area contributed by atoms with Gasteiger partial charge in [0.1, 0.15) is 24.2 Å². The van der Waals surface area contributed by atoms with Crippen molar-refractivity contribution in [2.75, 3.05) is 5.32 Å². The van der Waals surface area contributed by atoms with E-state index in [-0.39, 0.29) is 12.1 Å². The van der Waals surface area contributed by atoms with E-state index in [2.05, 4.69) is 45.0 Å². The first-order valence-electron chi connectivity index (χ1n) is 9.25. The van der Waals surface area contributed by atoms with Crippen molar-refractivity contribution >= 4 is 34.6 Å². The van der Waals surface area contributed by atoms with Crippen LogP contribution in [0.5, 0.6) is 5.75 Å². The van der Waals surface area contributed by atoms with Crippen molar-refractivity contribution < 1.29 is 4.74 Å². The van der Waals surface area contributed by atoms with Crippen molar-refractivity contribution in [1.29, 1.82) is 0 Å². The first-order valence-corrected chi connectivity index (χ1v) is 10.5. The van der Waals surface area contributed by atoms with Gasteiger partial charge in [-0.2, -0.15) is 10.1 Å². The quantitative estimate of drug-likeness (QED) is 0.463. The number of para-hydroxylation sites is 1. The van der Waals surface area contributed by atoms with Gasteiger partial charge in [-0.05, 0) is 41.3 Å². The molecule has 2 aromatic heterocycles. The Balaban J connectivity index is 1.64. The molecule has 7 heteroatoms. The number of hydrogen-bond donors (Lipinski definition) is 1. The highest BCUT2D eigenvalue weighted by atomic mass is 35.5. The predicted octanol–water partition coefficient (Wildman–Crippen LogP) is 5.55. The van der Waals surface area contributed by atoms with Crippen molar-refractivity contribution in [3.8, 4) is 5.75 Å². The van der Waals surface area contributed by atoms with Gasteiger partial charge in [0.25, 0.3) is 0 Å². The summed E-state index contributed by atoms with van der Waals surface area (Å²) < 4.78 is 8.48. The van der Waals surface area contributed by atoms with E-state index in [1.54, 1.807) is 17.7 Å². The number of benzene rings is 2. The number of rotatable bonds is 2. The number of nitrogens with zero attached hydrogens (tertiary/aromatic N) is 3. The fraction of sp³-hybridized carbons (Fsp3) is 0.0909. The summed E-state index contributed by atoms with van der Waals surface area (Å²) in [7, 11) is 0. The number of ether oxygens (including phenoxy) is 1. The standard InChI is InChI=1S/C22H15ClN4OS/c23-14-6-3-5-13(11-14)21-18-19(15-7-1-2-8-16(15)28-21)26-22-24-12-25-27(22)20(18)17-9-4-10-29-17/h1-12,20-21H,(H,24,25,26). The van der Waals surface area contributed by atoms with E-state index < -0.39 is 0 Å². The summed E-state index contributed by atoms with van der Waals surface area (Å²) in [6.07, 6.45) is 1.29. The molecule has 0 fully saturated rings. The van der Waals surface area contributed by atoms with Crippen LogP contribution in [0.15, 0.2) is 77.9 Å². The second-order valence-electron chi connectivity index (χ2n) is 6.95. The van der Waals surface area contributed by atoms with Crippen LogP contribution in [0.3, 0.4) is 0 Å².